The number of hydrogen-bond acceptors (Lipinski definition) is 8. The van der Waals surface area contributed by atoms with Crippen molar-refractivity contribution in [2.45, 2.75) is 127 Å². The van der Waals surface area contributed by atoms with E-state index in [0.717, 1.165) is 50.7 Å². The second-order valence-corrected chi connectivity index (χ2v) is 15.0. The summed E-state index contributed by atoms with van der Waals surface area (Å²) >= 11 is 1.85. The average Bonchev–Trinajstić information content (AvgIpc) is 3.53. The molecule has 7 atom stereocenters. The third-order valence-electron chi connectivity index (χ3n) is 8.34. The normalized spacial score (nSPS) is 27.1. The van der Waals surface area contributed by atoms with Crippen molar-refractivity contribution < 1.29 is 33.1 Å². The topological polar surface area (TPSA) is 219 Å². The van der Waals surface area contributed by atoms with E-state index >= 15 is 0 Å². The number of unbranched alkanes of at least 4 members (excludes halogenated alkanes) is 3. The van der Waals surface area contributed by atoms with E-state index in [1.54, 1.807) is 6.08 Å². The quantitative estimate of drug-likeness (QED) is 0.0348. The van der Waals surface area contributed by atoms with Crippen molar-refractivity contribution in [2.75, 3.05) is 18.9 Å². The number of guanidine groups is 1. The summed E-state index contributed by atoms with van der Waals surface area (Å²) in [6.45, 7) is 6.02. The number of fused-ring (bicyclic) bond motifs is 1. The highest BCUT2D eigenvalue weighted by Gasteiger charge is 2.43. The van der Waals surface area contributed by atoms with Crippen LogP contribution in [0.5, 0.6) is 0 Å². The molecule has 1 aliphatic carbocycles. The predicted molar refractivity (Wildman–Crippen MR) is 176 cm³/mol. The average molecular weight is 674 g/mol. The van der Waals surface area contributed by atoms with E-state index in [4.69, 9.17) is 20.7 Å². The predicted octanol–water partition coefficient (Wildman–Crippen LogP) is 2.21. The van der Waals surface area contributed by atoms with Crippen LogP contribution in [0, 0.1) is 0 Å². The number of aliphatic imine (C=N–C) groups is 1. The molecule has 0 aromatic heterocycles. The molecule has 2 heterocycles. The molecular weight excluding hydrogens is 621 g/mol. The molecule has 2 fully saturated rings. The molecule has 4 amide bonds. The van der Waals surface area contributed by atoms with E-state index in [0.29, 0.717) is 24.6 Å². The van der Waals surface area contributed by atoms with Gasteiger partial charge in [-0.05, 0) is 44.6 Å². The Bertz CT molecular complexity index is 1120. The Morgan fingerprint density at radius 3 is 2.60 bits per heavy atom. The second-order valence-electron chi connectivity index (χ2n) is 11.9. The summed E-state index contributed by atoms with van der Waals surface area (Å²) in [6, 6.07) is -1.05. The summed E-state index contributed by atoms with van der Waals surface area (Å²) in [5, 5.41) is 12.2. The summed E-state index contributed by atoms with van der Waals surface area (Å²) in [5.74, 6) is 0.457. The standard InChI is InChI=1S/C29H52N7O7PS/c1-4-19(5-2)43-23-16-20(15-21(34-28(30)31)26(23)33-18(3)37)44(40,41)42-14-9-7-6-8-13-32-25(38)12-10-11-24-27-22(17-45-24)35-29(39)36-27/h16,19,21-24,26-27H,4-15,17H2,1-3H3,(H,32,38)(H,33,37)(H,40,41)(H4,30,31,34)(H2,35,36,39)/t21-,22-,23+,24-,26+,27-/m0/s1. The number of rotatable bonds is 19. The van der Waals surface area contributed by atoms with Gasteiger partial charge in [0.1, 0.15) is 0 Å². The van der Waals surface area contributed by atoms with Crippen LogP contribution in [0.2, 0.25) is 0 Å². The molecule has 1 unspecified atom stereocenters. The minimum atomic E-state index is -4.17. The van der Waals surface area contributed by atoms with E-state index < -0.39 is 25.8 Å². The fourth-order valence-electron chi connectivity index (χ4n) is 5.96. The molecule has 45 heavy (non-hydrogen) atoms. The lowest BCUT2D eigenvalue weighted by Gasteiger charge is -2.37. The molecule has 2 aliphatic heterocycles. The molecule has 0 aromatic carbocycles. The van der Waals surface area contributed by atoms with Crippen molar-refractivity contribution in [3.63, 3.8) is 0 Å². The van der Waals surface area contributed by atoms with Crippen molar-refractivity contribution >= 4 is 43.2 Å². The molecule has 0 aromatic rings. The molecule has 0 bridgehead atoms. The van der Waals surface area contributed by atoms with Crippen molar-refractivity contribution in [2.24, 2.45) is 16.5 Å². The number of urea groups is 1. The molecule has 14 nitrogen and oxygen atoms in total. The number of carbonyl (C=O) groups is 3. The Kier molecular flexibility index (Phi) is 15.0. The van der Waals surface area contributed by atoms with Gasteiger partial charge < -0.3 is 46.9 Å². The number of ether oxygens (including phenoxy) is 1. The first-order valence-electron chi connectivity index (χ1n) is 16.1. The lowest BCUT2D eigenvalue weighted by Crippen LogP contribution is -2.53. The fraction of sp³-hybridized carbons (Fsp3) is 0.793. The summed E-state index contributed by atoms with van der Waals surface area (Å²) in [4.78, 5) is 50.8. The maximum Gasteiger partial charge on any atom is 0.354 e. The van der Waals surface area contributed by atoms with E-state index in [1.807, 2.05) is 25.6 Å². The highest BCUT2D eigenvalue weighted by atomic mass is 32.2. The van der Waals surface area contributed by atoms with Gasteiger partial charge in [0.05, 0.1) is 43.0 Å². The van der Waals surface area contributed by atoms with Gasteiger partial charge in [0.2, 0.25) is 11.8 Å². The van der Waals surface area contributed by atoms with Gasteiger partial charge in [0, 0.05) is 42.6 Å². The van der Waals surface area contributed by atoms with Crippen molar-refractivity contribution in [1.29, 1.82) is 0 Å². The monoisotopic (exact) mass is 673 g/mol. The molecule has 0 spiro atoms. The van der Waals surface area contributed by atoms with Crippen molar-refractivity contribution in [3.05, 3.63) is 11.4 Å². The van der Waals surface area contributed by atoms with Crippen LogP contribution >= 0.6 is 19.4 Å². The van der Waals surface area contributed by atoms with Gasteiger partial charge >= 0.3 is 13.6 Å². The van der Waals surface area contributed by atoms with Crippen LogP contribution in [-0.2, 0) is 23.4 Å². The molecular formula is C29H52N7O7PS. The Morgan fingerprint density at radius 2 is 1.91 bits per heavy atom. The Morgan fingerprint density at radius 1 is 1.18 bits per heavy atom. The van der Waals surface area contributed by atoms with E-state index in [2.05, 4.69) is 26.3 Å². The molecule has 0 radical (unpaired) electrons. The number of hydrogen-bond donors (Lipinski definition) is 7. The Balaban J connectivity index is 1.38. The largest absolute Gasteiger partial charge is 0.370 e. The van der Waals surface area contributed by atoms with E-state index in [1.165, 1.54) is 6.92 Å². The SMILES string of the molecule is CCC(CC)O[C@@H]1C=C(P(=O)(O)OCCCCCCNC(=O)CCC[C@@H]2SC[C@@H]3NC(=O)N[C@@H]32)C[C@H](N=C(N)N)[C@H]1NC(C)=O. The molecule has 256 valence electrons. The van der Waals surface area contributed by atoms with Gasteiger partial charge in [-0.1, -0.05) is 26.7 Å². The van der Waals surface area contributed by atoms with Crippen LogP contribution in [0.25, 0.3) is 0 Å². The van der Waals surface area contributed by atoms with Crippen molar-refractivity contribution in [1.82, 2.24) is 21.3 Å². The number of amides is 4. The third kappa shape index (κ3) is 11.8. The molecule has 16 heteroatoms. The molecule has 9 N–H and O–H groups in total. The first kappa shape index (κ1) is 37.1. The van der Waals surface area contributed by atoms with Gasteiger partial charge in [-0.15, -0.1) is 0 Å². The van der Waals surface area contributed by atoms with Crippen LogP contribution in [0.1, 0.15) is 85.0 Å². The number of nitrogens with one attached hydrogen (secondary N) is 4. The highest BCUT2D eigenvalue weighted by molar-refractivity contribution is 8.00. The van der Waals surface area contributed by atoms with Crippen LogP contribution in [0.15, 0.2) is 16.4 Å². The van der Waals surface area contributed by atoms with Gasteiger partial charge in [0.25, 0.3) is 0 Å². The molecule has 2 saturated heterocycles. The lowest BCUT2D eigenvalue weighted by molar-refractivity contribution is -0.122. The van der Waals surface area contributed by atoms with Crippen LogP contribution in [0.3, 0.4) is 0 Å². The smallest absolute Gasteiger partial charge is 0.354 e. The highest BCUT2D eigenvalue weighted by Crippen LogP contribution is 2.55. The van der Waals surface area contributed by atoms with Gasteiger partial charge in [-0.25, -0.2) is 9.79 Å². The molecule has 3 rings (SSSR count). The molecule has 0 saturated carbocycles. The minimum Gasteiger partial charge on any atom is -0.370 e. The van der Waals surface area contributed by atoms with Crippen molar-refractivity contribution in [3.8, 4) is 0 Å². The van der Waals surface area contributed by atoms with Crippen LogP contribution in [0.4, 0.5) is 4.79 Å². The number of carbonyl (C=O) groups excluding carboxylic acids is 3. The summed E-state index contributed by atoms with van der Waals surface area (Å²) in [7, 11) is -4.17. The maximum atomic E-state index is 13.3. The molecule has 3 aliphatic rings. The lowest BCUT2D eigenvalue weighted by atomic mass is 9.93. The number of nitrogens with zero attached hydrogens (tertiary/aromatic N) is 1. The first-order valence-corrected chi connectivity index (χ1v) is 18.7. The number of thioether (sulfide) groups is 1. The van der Waals surface area contributed by atoms with E-state index in [9.17, 15) is 23.8 Å². The summed E-state index contributed by atoms with van der Waals surface area (Å²) < 4.78 is 25.0. The van der Waals surface area contributed by atoms with Crippen LogP contribution < -0.4 is 32.7 Å². The Hall–Kier alpha value is -2.32. The zero-order valence-corrected chi connectivity index (χ0v) is 28.4. The van der Waals surface area contributed by atoms with Gasteiger partial charge in [-0.3, -0.25) is 14.2 Å². The fourth-order valence-corrected chi connectivity index (χ4v) is 8.80. The van der Waals surface area contributed by atoms with E-state index in [-0.39, 0.29) is 60.3 Å². The maximum absolute atomic E-state index is 13.3. The van der Waals surface area contributed by atoms with Gasteiger partial charge in [-0.2, -0.15) is 11.8 Å². The Labute approximate surface area is 270 Å². The van der Waals surface area contributed by atoms with Crippen LogP contribution in [-0.4, -0.2) is 89.2 Å². The zero-order chi connectivity index (χ0) is 33.0. The zero-order valence-electron chi connectivity index (χ0n) is 26.7. The number of nitrogens with two attached hydrogens (primary N) is 2. The second kappa shape index (κ2) is 18.1. The first-order chi connectivity index (χ1) is 21.4. The van der Waals surface area contributed by atoms with Gasteiger partial charge in [0.15, 0.2) is 5.96 Å². The minimum absolute atomic E-state index is 0.0275. The third-order valence-corrected chi connectivity index (χ3v) is 11.4. The summed E-state index contributed by atoms with van der Waals surface area (Å²) in [6.07, 6.45) is 7.37. The summed E-state index contributed by atoms with van der Waals surface area (Å²) in [5.41, 5.74) is 11.3.